The maximum Gasteiger partial charge on any atom is 0.514 e. The van der Waals surface area contributed by atoms with Gasteiger partial charge in [-0.15, -0.1) is 0 Å². The molecular formula is C34H41NO6. The van der Waals surface area contributed by atoms with Crippen molar-refractivity contribution in [2.45, 2.75) is 84.0 Å². The van der Waals surface area contributed by atoms with Crippen LogP contribution in [0.1, 0.15) is 88.3 Å². The Hall–Kier alpha value is -4.00. The summed E-state index contributed by atoms with van der Waals surface area (Å²) in [6.07, 6.45) is 0.903. The van der Waals surface area contributed by atoms with E-state index in [1.54, 1.807) is 6.07 Å². The Morgan fingerprint density at radius 3 is 2.02 bits per heavy atom. The second-order valence-corrected chi connectivity index (χ2v) is 10.5. The van der Waals surface area contributed by atoms with Gasteiger partial charge in [-0.25, -0.2) is 9.59 Å². The molecule has 0 heterocycles. The number of carbonyl (C=O) groups is 2. The third-order valence-corrected chi connectivity index (χ3v) is 8.22. The Balaban J connectivity index is 1.57. The fourth-order valence-corrected chi connectivity index (χ4v) is 5.94. The van der Waals surface area contributed by atoms with E-state index in [9.17, 15) is 9.59 Å². The van der Waals surface area contributed by atoms with Gasteiger partial charge in [0.05, 0.1) is 6.61 Å². The van der Waals surface area contributed by atoms with Crippen LogP contribution < -0.4 is 14.8 Å². The first kappa shape index (κ1) is 30.0. The summed E-state index contributed by atoms with van der Waals surface area (Å²) in [5.74, 6) is 1.04. The van der Waals surface area contributed by atoms with Gasteiger partial charge in [0.2, 0.25) is 0 Å². The summed E-state index contributed by atoms with van der Waals surface area (Å²) in [7, 11) is 0. The SMILES string of the molecule is CCOc1cc(OC(=O)OC(C)c2ccccc2)cc2c1CCC(NC(=O)OC(C)c1ccccc1)C2(CC)CC. The highest BCUT2D eigenvalue weighted by Crippen LogP contribution is 2.47. The molecule has 4 rings (SSSR count). The molecule has 3 atom stereocenters. The summed E-state index contributed by atoms with van der Waals surface area (Å²) < 4.78 is 23.1. The van der Waals surface area contributed by atoms with Crippen molar-refractivity contribution in [3.05, 3.63) is 95.1 Å². The number of nitrogens with one attached hydrogen (secondary N) is 1. The van der Waals surface area contributed by atoms with Gasteiger partial charge in [-0.1, -0.05) is 74.5 Å². The predicted molar refractivity (Wildman–Crippen MR) is 158 cm³/mol. The van der Waals surface area contributed by atoms with Crippen LogP contribution in [-0.2, 0) is 21.3 Å². The van der Waals surface area contributed by atoms with Crippen molar-refractivity contribution in [2.75, 3.05) is 6.61 Å². The highest BCUT2D eigenvalue weighted by atomic mass is 16.7. The molecule has 1 N–H and O–H groups in total. The molecule has 7 nitrogen and oxygen atoms in total. The monoisotopic (exact) mass is 559 g/mol. The summed E-state index contributed by atoms with van der Waals surface area (Å²) >= 11 is 0. The van der Waals surface area contributed by atoms with Gasteiger partial charge in [-0.3, -0.25) is 0 Å². The van der Waals surface area contributed by atoms with Crippen LogP contribution in [0.3, 0.4) is 0 Å². The first-order chi connectivity index (χ1) is 19.8. The number of benzene rings is 3. The van der Waals surface area contributed by atoms with E-state index in [4.69, 9.17) is 18.9 Å². The fraction of sp³-hybridized carbons (Fsp3) is 0.412. The second-order valence-electron chi connectivity index (χ2n) is 10.5. The van der Waals surface area contributed by atoms with E-state index < -0.39 is 23.8 Å². The van der Waals surface area contributed by atoms with Crippen molar-refractivity contribution in [2.24, 2.45) is 0 Å². The number of hydrogen-bond donors (Lipinski definition) is 1. The van der Waals surface area contributed by atoms with Crippen LogP contribution >= 0.6 is 0 Å². The Bertz CT molecular complexity index is 1310. The third-order valence-electron chi connectivity index (χ3n) is 8.22. The Kier molecular flexibility index (Phi) is 9.92. The van der Waals surface area contributed by atoms with Gasteiger partial charge in [-0.05, 0) is 74.8 Å². The highest BCUT2D eigenvalue weighted by Gasteiger charge is 2.44. The average molecular weight is 560 g/mol. The first-order valence-corrected chi connectivity index (χ1v) is 14.6. The van der Waals surface area contributed by atoms with E-state index in [1.165, 1.54) is 0 Å². The van der Waals surface area contributed by atoms with Crippen LogP contribution in [-0.4, -0.2) is 24.9 Å². The van der Waals surface area contributed by atoms with Gasteiger partial charge in [0.15, 0.2) is 0 Å². The minimum atomic E-state index is -0.786. The summed E-state index contributed by atoms with van der Waals surface area (Å²) in [5, 5.41) is 3.17. The van der Waals surface area contributed by atoms with Crippen LogP contribution in [0, 0.1) is 0 Å². The van der Waals surface area contributed by atoms with Crippen LogP contribution in [0.4, 0.5) is 9.59 Å². The molecule has 218 valence electrons. The van der Waals surface area contributed by atoms with E-state index >= 15 is 0 Å². The summed E-state index contributed by atoms with van der Waals surface area (Å²) in [4.78, 5) is 25.9. The van der Waals surface area contributed by atoms with Crippen LogP contribution in [0.25, 0.3) is 0 Å². The minimum absolute atomic E-state index is 0.171. The molecule has 3 aromatic rings. The molecule has 0 aliphatic heterocycles. The van der Waals surface area contributed by atoms with Gasteiger partial charge in [0.25, 0.3) is 0 Å². The molecule has 41 heavy (non-hydrogen) atoms. The van der Waals surface area contributed by atoms with Crippen LogP contribution in [0.2, 0.25) is 0 Å². The largest absolute Gasteiger partial charge is 0.514 e. The zero-order chi connectivity index (χ0) is 29.4. The molecule has 0 spiro atoms. The van der Waals surface area contributed by atoms with Crippen molar-refractivity contribution in [3.8, 4) is 11.5 Å². The zero-order valence-electron chi connectivity index (χ0n) is 24.6. The highest BCUT2D eigenvalue weighted by molar-refractivity contribution is 5.69. The maximum atomic E-state index is 13.1. The lowest BCUT2D eigenvalue weighted by Gasteiger charge is -2.45. The van der Waals surface area contributed by atoms with Gasteiger partial charge in [-0.2, -0.15) is 0 Å². The Labute approximate surface area is 243 Å². The summed E-state index contributed by atoms with van der Waals surface area (Å²) in [5.41, 5.74) is 3.50. The number of fused-ring (bicyclic) bond motifs is 1. The maximum absolute atomic E-state index is 13.1. The normalized spacial score (nSPS) is 17.0. The van der Waals surface area contributed by atoms with Gasteiger partial charge in [0.1, 0.15) is 23.7 Å². The third kappa shape index (κ3) is 6.84. The zero-order valence-corrected chi connectivity index (χ0v) is 24.6. The molecule has 1 aliphatic rings. The van der Waals surface area contributed by atoms with Crippen LogP contribution in [0.15, 0.2) is 72.8 Å². The number of alkyl carbamates (subject to hydrolysis) is 1. The lowest BCUT2D eigenvalue weighted by atomic mass is 9.63. The number of rotatable bonds is 10. The van der Waals surface area contributed by atoms with Crippen molar-refractivity contribution < 1.29 is 28.5 Å². The van der Waals surface area contributed by atoms with Crippen LogP contribution in [0.5, 0.6) is 11.5 Å². The minimum Gasteiger partial charge on any atom is -0.493 e. The van der Waals surface area contributed by atoms with Gasteiger partial charge in [0, 0.05) is 17.5 Å². The molecule has 7 heteroatoms. The quantitative estimate of drug-likeness (QED) is 0.199. The lowest BCUT2D eigenvalue weighted by molar-refractivity contribution is 0.0653. The van der Waals surface area contributed by atoms with E-state index in [0.29, 0.717) is 24.5 Å². The summed E-state index contributed by atoms with van der Waals surface area (Å²) in [6.45, 7) is 10.3. The molecule has 0 saturated heterocycles. The molecule has 3 unspecified atom stereocenters. The first-order valence-electron chi connectivity index (χ1n) is 14.6. The standard InChI is InChI=1S/C34H41NO6/c1-6-34(7-2)29-21-27(41-33(37)40-24(5)26-17-13-10-14-18-26)22-30(38-8-3)28(29)19-20-31(34)35-32(36)39-23(4)25-15-11-9-12-16-25/h9-18,21-24,31H,6-8,19-20H2,1-5H3,(H,35,36). The molecule has 0 fully saturated rings. The molecule has 1 amide bonds. The van der Waals surface area contributed by atoms with Gasteiger partial charge < -0.3 is 24.3 Å². The number of ether oxygens (including phenoxy) is 4. The molecule has 3 aromatic carbocycles. The molecule has 0 radical (unpaired) electrons. The van der Waals surface area contributed by atoms with Crippen molar-refractivity contribution >= 4 is 12.2 Å². The molecule has 1 aliphatic carbocycles. The molecule has 0 saturated carbocycles. The Morgan fingerprint density at radius 1 is 0.878 bits per heavy atom. The number of hydrogen-bond acceptors (Lipinski definition) is 6. The van der Waals surface area contributed by atoms with E-state index in [1.807, 2.05) is 87.5 Å². The lowest BCUT2D eigenvalue weighted by Crippen LogP contribution is -2.53. The summed E-state index contributed by atoms with van der Waals surface area (Å²) in [6, 6.07) is 22.7. The Morgan fingerprint density at radius 2 is 1.46 bits per heavy atom. The number of carbonyl (C=O) groups excluding carboxylic acids is 2. The topological polar surface area (TPSA) is 83.1 Å². The molecule has 0 aromatic heterocycles. The number of amides is 1. The van der Waals surface area contributed by atoms with E-state index in [2.05, 4.69) is 19.2 Å². The molecular weight excluding hydrogens is 518 g/mol. The van der Waals surface area contributed by atoms with Crippen molar-refractivity contribution in [1.82, 2.24) is 5.32 Å². The fourth-order valence-electron chi connectivity index (χ4n) is 5.94. The van der Waals surface area contributed by atoms with Crippen molar-refractivity contribution in [1.29, 1.82) is 0 Å². The van der Waals surface area contributed by atoms with E-state index in [-0.39, 0.29) is 12.1 Å². The van der Waals surface area contributed by atoms with Gasteiger partial charge >= 0.3 is 12.2 Å². The average Bonchev–Trinajstić information content (AvgIpc) is 2.98. The smallest absolute Gasteiger partial charge is 0.493 e. The second kappa shape index (κ2) is 13.6. The molecule has 0 bridgehead atoms. The van der Waals surface area contributed by atoms with E-state index in [0.717, 1.165) is 41.5 Å². The predicted octanol–water partition coefficient (Wildman–Crippen LogP) is 8.22. The van der Waals surface area contributed by atoms with Crippen molar-refractivity contribution in [3.63, 3.8) is 0 Å².